The SMILES string of the molecule is CCc1ccc2cc(C3CCc4c(ccc(C#N)c4F)C3)ccc2c1. The van der Waals surface area contributed by atoms with E-state index in [0.29, 0.717) is 12.3 Å². The Morgan fingerprint density at radius 1 is 1.08 bits per heavy atom. The average Bonchev–Trinajstić information content (AvgIpc) is 2.67. The maximum absolute atomic E-state index is 14.3. The Morgan fingerprint density at radius 2 is 1.88 bits per heavy atom. The molecule has 0 saturated carbocycles. The van der Waals surface area contributed by atoms with Crippen LogP contribution >= 0.6 is 0 Å². The van der Waals surface area contributed by atoms with Gasteiger partial charge >= 0.3 is 0 Å². The number of fused-ring (bicyclic) bond motifs is 2. The fraction of sp³-hybridized carbons (Fsp3) is 0.261. The molecule has 25 heavy (non-hydrogen) atoms. The van der Waals surface area contributed by atoms with E-state index in [0.717, 1.165) is 30.4 Å². The van der Waals surface area contributed by atoms with E-state index in [9.17, 15) is 4.39 Å². The second kappa shape index (κ2) is 6.33. The summed E-state index contributed by atoms with van der Waals surface area (Å²) in [6, 6.07) is 18.8. The second-order valence-corrected chi connectivity index (χ2v) is 6.91. The number of rotatable bonds is 2. The van der Waals surface area contributed by atoms with Crippen molar-refractivity contribution in [2.45, 2.75) is 38.5 Å². The molecular formula is C23H20FN. The lowest BCUT2D eigenvalue weighted by Gasteiger charge is -2.26. The zero-order valence-corrected chi connectivity index (χ0v) is 14.3. The van der Waals surface area contributed by atoms with Gasteiger partial charge in [-0.15, -0.1) is 0 Å². The van der Waals surface area contributed by atoms with Gasteiger partial charge in [-0.05, 0) is 70.7 Å². The van der Waals surface area contributed by atoms with Gasteiger partial charge in [0.15, 0.2) is 0 Å². The predicted molar refractivity (Wildman–Crippen MR) is 99.2 cm³/mol. The van der Waals surface area contributed by atoms with E-state index in [4.69, 9.17) is 5.26 Å². The molecular weight excluding hydrogens is 309 g/mol. The van der Waals surface area contributed by atoms with Crippen molar-refractivity contribution < 1.29 is 4.39 Å². The third-order valence-electron chi connectivity index (χ3n) is 5.48. The van der Waals surface area contributed by atoms with Crippen LogP contribution in [0.15, 0.2) is 48.5 Å². The van der Waals surface area contributed by atoms with E-state index in [1.165, 1.54) is 21.9 Å². The summed E-state index contributed by atoms with van der Waals surface area (Å²) in [5, 5.41) is 11.5. The van der Waals surface area contributed by atoms with Gasteiger partial charge in [0, 0.05) is 0 Å². The summed E-state index contributed by atoms with van der Waals surface area (Å²) in [5.41, 5.74) is 4.63. The largest absolute Gasteiger partial charge is 0.205 e. The van der Waals surface area contributed by atoms with Crippen molar-refractivity contribution in [1.82, 2.24) is 0 Å². The van der Waals surface area contributed by atoms with E-state index >= 15 is 0 Å². The second-order valence-electron chi connectivity index (χ2n) is 6.91. The molecule has 1 atom stereocenters. The Labute approximate surface area is 147 Å². The van der Waals surface area contributed by atoms with Crippen LogP contribution in [0.3, 0.4) is 0 Å². The van der Waals surface area contributed by atoms with Crippen LogP contribution < -0.4 is 0 Å². The van der Waals surface area contributed by atoms with Crippen LogP contribution in [0.5, 0.6) is 0 Å². The van der Waals surface area contributed by atoms with Gasteiger partial charge in [0.2, 0.25) is 0 Å². The first-order valence-electron chi connectivity index (χ1n) is 8.92. The number of nitrogens with zero attached hydrogens (tertiary/aromatic N) is 1. The van der Waals surface area contributed by atoms with Gasteiger partial charge in [0.05, 0.1) is 5.56 Å². The highest BCUT2D eigenvalue weighted by Gasteiger charge is 2.24. The van der Waals surface area contributed by atoms with Gasteiger partial charge in [0.1, 0.15) is 11.9 Å². The molecule has 0 aromatic heterocycles. The molecule has 1 nitrogen and oxygen atoms in total. The molecule has 0 N–H and O–H groups in total. The van der Waals surface area contributed by atoms with Crippen LogP contribution in [0.1, 0.15) is 47.1 Å². The minimum absolute atomic E-state index is 0.162. The van der Waals surface area contributed by atoms with E-state index < -0.39 is 0 Å². The number of benzene rings is 3. The molecule has 0 heterocycles. The summed E-state index contributed by atoms with van der Waals surface area (Å²) >= 11 is 0. The standard InChI is InChI=1S/C23H20FN/c1-2-15-3-4-17-12-18(6-5-16(17)11-15)19-9-10-22-20(13-19)7-8-21(14-25)23(22)24/h3-8,11-12,19H,2,9-10,13H2,1H3. The highest BCUT2D eigenvalue weighted by atomic mass is 19.1. The molecule has 0 fully saturated rings. The van der Waals surface area contributed by atoms with Crippen LogP contribution in [0.4, 0.5) is 4.39 Å². The Balaban J connectivity index is 1.66. The molecule has 3 aromatic carbocycles. The van der Waals surface area contributed by atoms with Crippen LogP contribution in [0.2, 0.25) is 0 Å². The van der Waals surface area contributed by atoms with E-state index in [-0.39, 0.29) is 11.4 Å². The van der Waals surface area contributed by atoms with Crippen molar-refractivity contribution in [3.05, 3.63) is 82.2 Å². The highest BCUT2D eigenvalue weighted by molar-refractivity contribution is 5.84. The molecule has 0 spiro atoms. The van der Waals surface area contributed by atoms with Crippen LogP contribution in [0, 0.1) is 17.1 Å². The van der Waals surface area contributed by atoms with Crippen LogP contribution in [0.25, 0.3) is 10.8 Å². The van der Waals surface area contributed by atoms with E-state index in [1.807, 2.05) is 12.1 Å². The molecule has 0 radical (unpaired) electrons. The average molecular weight is 329 g/mol. The number of hydrogen-bond acceptors (Lipinski definition) is 1. The minimum Gasteiger partial charge on any atom is -0.205 e. The molecule has 1 aliphatic carbocycles. The number of nitriles is 1. The van der Waals surface area contributed by atoms with Crippen LogP contribution in [-0.4, -0.2) is 0 Å². The lowest BCUT2D eigenvalue weighted by Crippen LogP contribution is -2.15. The first kappa shape index (κ1) is 15.8. The Hall–Kier alpha value is -2.66. The molecule has 1 unspecified atom stereocenters. The number of hydrogen-bond donors (Lipinski definition) is 0. The van der Waals surface area contributed by atoms with Crippen molar-refractivity contribution in [2.75, 3.05) is 0 Å². The molecule has 0 amide bonds. The minimum atomic E-state index is -0.316. The molecule has 3 aromatic rings. The van der Waals surface area contributed by atoms with Crippen molar-refractivity contribution >= 4 is 10.8 Å². The van der Waals surface area contributed by atoms with Crippen molar-refractivity contribution in [3.8, 4) is 6.07 Å². The lowest BCUT2D eigenvalue weighted by molar-refractivity contribution is 0.540. The van der Waals surface area contributed by atoms with Gasteiger partial charge in [-0.25, -0.2) is 4.39 Å². The summed E-state index contributed by atoms with van der Waals surface area (Å²) in [6.45, 7) is 2.17. The first-order chi connectivity index (χ1) is 12.2. The molecule has 0 saturated heterocycles. The van der Waals surface area contributed by atoms with E-state index in [2.05, 4.69) is 43.3 Å². The molecule has 124 valence electrons. The topological polar surface area (TPSA) is 23.8 Å². The number of halogens is 1. The van der Waals surface area contributed by atoms with Gasteiger partial charge in [0.25, 0.3) is 0 Å². The van der Waals surface area contributed by atoms with Gasteiger partial charge in [-0.1, -0.05) is 49.4 Å². The van der Waals surface area contributed by atoms with Crippen LogP contribution in [-0.2, 0) is 19.3 Å². The smallest absolute Gasteiger partial charge is 0.144 e. The van der Waals surface area contributed by atoms with Gasteiger partial charge < -0.3 is 0 Å². The number of aryl methyl sites for hydroxylation is 1. The Morgan fingerprint density at radius 3 is 2.68 bits per heavy atom. The molecule has 0 aliphatic heterocycles. The molecule has 1 aliphatic rings. The zero-order valence-electron chi connectivity index (χ0n) is 14.3. The van der Waals surface area contributed by atoms with Crippen molar-refractivity contribution in [1.29, 1.82) is 5.26 Å². The maximum Gasteiger partial charge on any atom is 0.144 e. The molecule has 4 rings (SSSR count). The summed E-state index contributed by atoms with van der Waals surface area (Å²) in [4.78, 5) is 0. The Kier molecular flexibility index (Phi) is 4.01. The van der Waals surface area contributed by atoms with E-state index in [1.54, 1.807) is 6.07 Å². The quantitative estimate of drug-likeness (QED) is 0.593. The predicted octanol–water partition coefficient (Wildman–Crippen LogP) is 5.69. The fourth-order valence-electron chi connectivity index (χ4n) is 3.97. The first-order valence-corrected chi connectivity index (χ1v) is 8.92. The fourth-order valence-corrected chi connectivity index (χ4v) is 3.97. The molecule has 0 bridgehead atoms. The third-order valence-corrected chi connectivity index (χ3v) is 5.48. The summed E-state index contributed by atoms with van der Waals surface area (Å²) in [6.07, 6.45) is 3.52. The molecule has 2 heteroatoms. The van der Waals surface area contributed by atoms with Crippen molar-refractivity contribution in [2.24, 2.45) is 0 Å². The maximum atomic E-state index is 14.3. The zero-order chi connectivity index (χ0) is 17.4. The van der Waals surface area contributed by atoms with Gasteiger partial charge in [-0.2, -0.15) is 5.26 Å². The Bertz CT molecular complexity index is 997. The third kappa shape index (κ3) is 2.81. The summed E-state index contributed by atoms with van der Waals surface area (Å²) in [5.74, 6) is 0.0964. The monoisotopic (exact) mass is 329 g/mol. The summed E-state index contributed by atoms with van der Waals surface area (Å²) < 4.78 is 14.3. The van der Waals surface area contributed by atoms with Crippen molar-refractivity contribution in [3.63, 3.8) is 0 Å². The van der Waals surface area contributed by atoms with Gasteiger partial charge in [-0.3, -0.25) is 0 Å². The highest BCUT2D eigenvalue weighted by Crippen LogP contribution is 2.35. The lowest BCUT2D eigenvalue weighted by atomic mass is 9.79. The normalized spacial score (nSPS) is 16.4. The summed E-state index contributed by atoms with van der Waals surface area (Å²) in [7, 11) is 0.